The zero-order valence-corrected chi connectivity index (χ0v) is 13.0. The highest BCUT2D eigenvalue weighted by Crippen LogP contribution is 2.29. The molecule has 4 amide bonds. The van der Waals surface area contributed by atoms with Crippen molar-refractivity contribution in [2.45, 2.75) is 37.1 Å². The first kappa shape index (κ1) is 17.0. The van der Waals surface area contributed by atoms with E-state index < -0.39 is 47.9 Å². The van der Waals surface area contributed by atoms with Gasteiger partial charge in [0.05, 0.1) is 38.4 Å². The number of amides is 4. The van der Waals surface area contributed by atoms with Crippen molar-refractivity contribution in [3.8, 4) is 0 Å². The number of rotatable bonds is 2. The van der Waals surface area contributed by atoms with E-state index in [1.807, 2.05) is 0 Å². The topological polar surface area (TPSA) is 139 Å². The molecule has 0 spiro atoms. The Morgan fingerprint density at radius 2 is 0.958 bits per heavy atom. The first-order valence-corrected chi connectivity index (χ1v) is 7.83. The zero-order chi connectivity index (χ0) is 17.4. The minimum Gasteiger partial charge on any atom is -0.390 e. The molecule has 24 heavy (non-hydrogen) atoms. The van der Waals surface area contributed by atoms with Gasteiger partial charge in [-0.25, -0.2) is 0 Å². The molecule has 10 heteroatoms. The van der Waals surface area contributed by atoms with Crippen LogP contribution in [0, 0.1) is 0 Å². The van der Waals surface area contributed by atoms with Crippen molar-refractivity contribution in [3.05, 3.63) is 0 Å². The van der Waals surface area contributed by atoms with Crippen LogP contribution in [0.15, 0.2) is 0 Å². The van der Waals surface area contributed by atoms with Crippen LogP contribution < -0.4 is 10.6 Å². The largest absolute Gasteiger partial charge is 0.390 e. The van der Waals surface area contributed by atoms with Gasteiger partial charge in [-0.1, -0.05) is 0 Å². The van der Waals surface area contributed by atoms with Crippen LogP contribution >= 0.6 is 0 Å². The van der Waals surface area contributed by atoms with Crippen molar-refractivity contribution in [3.63, 3.8) is 0 Å². The molecular weight excluding hydrogens is 320 g/mol. The van der Waals surface area contributed by atoms with Gasteiger partial charge in [0, 0.05) is 12.1 Å². The fourth-order valence-corrected chi connectivity index (χ4v) is 3.70. The second-order valence-corrected chi connectivity index (χ2v) is 6.49. The molecule has 1 aliphatic carbocycles. The summed E-state index contributed by atoms with van der Waals surface area (Å²) in [6, 6.07) is -0.839. The standard InChI is InChI=1S/C14H20N4O6/c19-9-1-7(17-3-11(21)15-12(22)4-17)8(2-10(9)20)18-5-13(23)16-14(24)6-18/h7-10,19-20H,1-6H2,(H,15,21,22)(H,16,23,24)/t7-,8-,9+,10+/m0/s1. The van der Waals surface area contributed by atoms with Crippen LogP contribution in [0.4, 0.5) is 0 Å². The summed E-state index contributed by atoms with van der Waals surface area (Å²) in [5, 5.41) is 24.4. The number of piperazine rings is 2. The lowest BCUT2D eigenvalue weighted by Gasteiger charge is -2.48. The number of carbonyl (C=O) groups excluding carboxylic acids is 4. The van der Waals surface area contributed by atoms with Crippen molar-refractivity contribution in [1.82, 2.24) is 20.4 Å². The molecule has 4 atom stereocenters. The van der Waals surface area contributed by atoms with Crippen LogP contribution in [0.25, 0.3) is 0 Å². The Morgan fingerprint density at radius 1 is 0.667 bits per heavy atom. The lowest BCUT2D eigenvalue weighted by Crippen LogP contribution is -2.66. The Labute approximate surface area is 137 Å². The number of nitrogens with zero attached hydrogens (tertiary/aromatic N) is 2. The predicted octanol–water partition coefficient (Wildman–Crippen LogP) is -3.84. The monoisotopic (exact) mass is 340 g/mol. The highest BCUT2D eigenvalue weighted by atomic mass is 16.3. The molecule has 0 bridgehead atoms. The minimum atomic E-state index is -0.986. The van der Waals surface area contributed by atoms with E-state index in [9.17, 15) is 29.4 Å². The van der Waals surface area contributed by atoms with E-state index in [4.69, 9.17) is 0 Å². The summed E-state index contributed by atoms with van der Waals surface area (Å²) in [7, 11) is 0. The van der Waals surface area contributed by atoms with E-state index in [-0.39, 0.29) is 39.0 Å². The average molecular weight is 340 g/mol. The van der Waals surface area contributed by atoms with Gasteiger partial charge in [-0.2, -0.15) is 0 Å². The van der Waals surface area contributed by atoms with Crippen LogP contribution in [0.3, 0.4) is 0 Å². The molecule has 4 N–H and O–H groups in total. The van der Waals surface area contributed by atoms with Gasteiger partial charge in [-0.05, 0) is 12.8 Å². The van der Waals surface area contributed by atoms with Crippen molar-refractivity contribution in [2.75, 3.05) is 26.2 Å². The number of aliphatic hydroxyl groups excluding tert-OH is 2. The molecular formula is C14H20N4O6. The van der Waals surface area contributed by atoms with Gasteiger partial charge in [0.1, 0.15) is 0 Å². The van der Waals surface area contributed by atoms with E-state index >= 15 is 0 Å². The van der Waals surface area contributed by atoms with E-state index in [0.717, 1.165) is 0 Å². The summed E-state index contributed by atoms with van der Waals surface area (Å²) in [5.41, 5.74) is 0. The summed E-state index contributed by atoms with van der Waals surface area (Å²) in [6.45, 7) is -0.0409. The van der Waals surface area contributed by atoms with Gasteiger partial charge in [-0.15, -0.1) is 0 Å². The number of hydrogen-bond acceptors (Lipinski definition) is 8. The molecule has 1 saturated carbocycles. The molecule has 0 aromatic heterocycles. The summed E-state index contributed by atoms with van der Waals surface area (Å²) in [6.07, 6.45) is -1.67. The number of imide groups is 2. The van der Waals surface area contributed by atoms with E-state index in [1.54, 1.807) is 9.80 Å². The molecule has 0 aromatic carbocycles. The highest BCUT2D eigenvalue weighted by Gasteiger charge is 2.44. The molecule has 0 aromatic rings. The van der Waals surface area contributed by atoms with Gasteiger partial charge in [0.2, 0.25) is 23.6 Å². The Kier molecular flexibility index (Phi) is 4.63. The fraction of sp³-hybridized carbons (Fsp3) is 0.714. The Bertz CT molecular complexity index is 500. The average Bonchev–Trinajstić information content (AvgIpc) is 2.47. The van der Waals surface area contributed by atoms with Gasteiger partial charge in [0.25, 0.3) is 0 Å². The second kappa shape index (κ2) is 6.55. The van der Waals surface area contributed by atoms with Crippen molar-refractivity contribution in [1.29, 1.82) is 0 Å². The van der Waals surface area contributed by atoms with Crippen LogP contribution in [0.5, 0.6) is 0 Å². The van der Waals surface area contributed by atoms with Gasteiger partial charge in [0.15, 0.2) is 0 Å². The fourth-order valence-electron chi connectivity index (χ4n) is 3.70. The molecule has 3 aliphatic rings. The van der Waals surface area contributed by atoms with Crippen LogP contribution in [-0.4, -0.2) is 94.1 Å². The van der Waals surface area contributed by atoms with Crippen molar-refractivity contribution < 1.29 is 29.4 Å². The van der Waals surface area contributed by atoms with Crippen LogP contribution in [0.2, 0.25) is 0 Å². The first-order valence-electron chi connectivity index (χ1n) is 7.83. The van der Waals surface area contributed by atoms with Gasteiger partial charge in [-0.3, -0.25) is 39.6 Å². The highest BCUT2D eigenvalue weighted by molar-refractivity contribution is 6.00. The maximum absolute atomic E-state index is 11.6. The van der Waals surface area contributed by atoms with Crippen molar-refractivity contribution in [2.24, 2.45) is 0 Å². The summed E-state index contributed by atoms with van der Waals surface area (Å²) in [4.78, 5) is 49.8. The third kappa shape index (κ3) is 3.46. The minimum absolute atomic E-state index is 0.0102. The SMILES string of the molecule is O=C1CN([C@H]2C[C@@H](O)[C@H](O)C[C@@H]2N2CC(=O)NC(=O)C2)CC(=O)N1. The lowest BCUT2D eigenvalue weighted by molar-refractivity contribution is -0.146. The lowest BCUT2D eigenvalue weighted by atomic mass is 9.83. The smallest absolute Gasteiger partial charge is 0.240 e. The number of aliphatic hydroxyl groups is 2. The molecule has 0 radical (unpaired) electrons. The van der Waals surface area contributed by atoms with Crippen LogP contribution in [0.1, 0.15) is 12.8 Å². The van der Waals surface area contributed by atoms with Gasteiger partial charge < -0.3 is 10.2 Å². The molecule has 3 rings (SSSR count). The Morgan fingerprint density at radius 3 is 1.25 bits per heavy atom. The molecule has 3 fully saturated rings. The molecule has 0 unspecified atom stereocenters. The number of hydrogen-bond donors (Lipinski definition) is 4. The molecule has 10 nitrogen and oxygen atoms in total. The Hall–Kier alpha value is -1.88. The predicted molar refractivity (Wildman–Crippen MR) is 78.3 cm³/mol. The van der Waals surface area contributed by atoms with E-state index in [2.05, 4.69) is 10.6 Å². The molecule has 2 saturated heterocycles. The van der Waals surface area contributed by atoms with Gasteiger partial charge >= 0.3 is 0 Å². The third-order valence-corrected chi connectivity index (χ3v) is 4.74. The molecule has 2 aliphatic heterocycles. The zero-order valence-electron chi connectivity index (χ0n) is 13.0. The molecule has 2 heterocycles. The molecule has 132 valence electrons. The van der Waals surface area contributed by atoms with E-state index in [1.165, 1.54) is 0 Å². The quantitative estimate of drug-likeness (QED) is 0.375. The number of nitrogens with one attached hydrogen (secondary N) is 2. The maximum Gasteiger partial charge on any atom is 0.240 e. The van der Waals surface area contributed by atoms with Crippen LogP contribution in [-0.2, 0) is 19.2 Å². The first-order chi connectivity index (χ1) is 11.3. The van der Waals surface area contributed by atoms with E-state index in [0.29, 0.717) is 0 Å². The third-order valence-electron chi connectivity index (χ3n) is 4.74. The van der Waals surface area contributed by atoms with Crippen molar-refractivity contribution >= 4 is 23.6 Å². The number of carbonyl (C=O) groups is 4. The maximum atomic E-state index is 11.6. The summed E-state index contributed by atoms with van der Waals surface area (Å²) >= 11 is 0. The summed E-state index contributed by atoms with van der Waals surface area (Å²) < 4.78 is 0. The Balaban J connectivity index is 1.82. The second-order valence-electron chi connectivity index (χ2n) is 6.49. The summed E-state index contributed by atoms with van der Waals surface area (Å²) in [5.74, 6) is -1.73. The normalized spacial score (nSPS) is 36.4.